The van der Waals surface area contributed by atoms with Crippen LogP contribution in [0.5, 0.6) is 0 Å². The fourth-order valence-electron chi connectivity index (χ4n) is 1.79. The smallest absolute Gasteiger partial charge is 0.295 e. The van der Waals surface area contributed by atoms with E-state index in [9.17, 15) is 14.5 Å². The van der Waals surface area contributed by atoms with E-state index in [0.717, 1.165) is 0 Å². The summed E-state index contributed by atoms with van der Waals surface area (Å²) in [6.07, 6.45) is 0. The largest absolute Gasteiger partial charge is 0.348 e. The number of hydrogen-bond donors (Lipinski definition) is 1. The van der Waals surface area contributed by atoms with Gasteiger partial charge in [-0.2, -0.15) is 0 Å². The number of nitro groups is 1. The fourth-order valence-corrected chi connectivity index (χ4v) is 1.79. The van der Waals surface area contributed by atoms with Crippen molar-refractivity contribution in [2.45, 2.75) is 0 Å². The van der Waals surface area contributed by atoms with E-state index in [1.54, 1.807) is 0 Å². The molecule has 0 amide bonds. The predicted molar refractivity (Wildman–Crippen MR) is 68.1 cm³/mol. The van der Waals surface area contributed by atoms with Crippen LogP contribution in [0.2, 0.25) is 0 Å². The number of nitrogens with zero attached hydrogens (tertiary/aromatic N) is 3. The minimum atomic E-state index is -0.542. The van der Waals surface area contributed by atoms with E-state index in [-0.39, 0.29) is 16.9 Å². The summed E-state index contributed by atoms with van der Waals surface area (Å²) < 4.78 is 17.4. The first-order valence-electron chi connectivity index (χ1n) is 5.57. The number of hydrogen-bond acceptors (Lipinski definition) is 6. The van der Waals surface area contributed by atoms with Crippen molar-refractivity contribution in [3.8, 4) is 0 Å². The molecule has 100 valence electrons. The van der Waals surface area contributed by atoms with E-state index < -0.39 is 10.7 Å². The van der Waals surface area contributed by atoms with E-state index in [2.05, 4.69) is 20.3 Å². The predicted octanol–water partition coefficient (Wildman–Crippen LogP) is 3.01. The molecule has 0 atom stereocenters. The van der Waals surface area contributed by atoms with Crippen LogP contribution in [0.1, 0.15) is 0 Å². The molecule has 20 heavy (non-hydrogen) atoms. The second-order valence-corrected chi connectivity index (χ2v) is 3.98. The van der Waals surface area contributed by atoms with Gasteiger partial charge in [0.15, 0.2) is 5.52 Å². The van der Waals surface area contributed by atoms with Crippen molar-refractivity contribution in [3.63, 3.8) is 0 Å². The minimum Gasteiger partial charge on any atom is -0.348 e. The third-order valence-electron chi connectivity index (χ3n) is 2.72. The average Bonchev–Trinajstić information content (AvgIpc) is 2.90. The van der Waals surface area contributed by atoms with Crippen molar-refractivity contribution in [2.24, 2.45) is 0 Å². The Hall–Kier alpha value is -3.03. The van der Waals surface area contributed by atoms with Crippen LogP contribution < -0.4 is 5.32 Å². The van der Waals surface area contributed by atoms with Gasteiger partial charge in [-0.05, 0) is 40.6 Å². The van der Waals surface area contributed by atoms with Gasteiger partial charge in [-0.25, -0.2) is 9.02 Å². The lowest BCUT2D eigenvalue weighted by Crippen LogP contribution is -1.98. The fraction of sp³-hybridized carbons (Fsp3) is 0. The molecule has 0 aliphatic heterocycles. The first kappa shape index (κ1) is 12.0. The van der Waals surface area contributed by atoms with Gasteiger partial charge in [0, 0.05) is 11.8 Å². The zero-order valence-electron chi connectivity index (χ0n) is 9.91. The van der Waals surface area contributed by atoms with Gasteiger partial charge >= 0.3 is 0 Å². The maximum atomic E-state index is 12.9. The highest BCUT2D eigenvalue weighted by Gasteiger charge is 2.20. The summed E-state index contributed by atoms with van der Waals surface area (Å²) >= 11 is 0. The van der Waals surface area contributed by atoms with Gasteiger partial charge in [-0.1, -0.05) is 0 Å². The lowest BCUT2D eigenvalue weighted by atomic mass is 10.2. The molecule has 0 aliphatic rings. The average molecular weight is 274 g/mol. The summed E-state index contributed by atoms with van der Waals surface area (Å²) in [6.45, 7) is 0. The summed E-state index contributed by atoms with van der Waals surface area (Å²) in [4.78, 5) is 10.5. The summed E-state index contributed by atoms with van der Waals surface area (Å²) in [5.74, 6) is -0.397. The van der Waals surface area contributed by atoms with E-state index >= 15 is 0 Å². The van der Waals surface area contributed by atoms with Crippen molar-refractivity contribution >= 4 is 28.1 Å². The third-order valence-corrected chi connectivity index (χ3v) is 2.72. The Kier molecular flexibility index (Phi) is 2.75. The van der Waals surface area contributed by atoms with Crippen LogP contribution in [0.25, 0.3) is 11.0 Å². The molecule has 0 aliphatic carbocycles. The van der Waals surface area contributed by atoms with Crippen LogP contribution in [0.4, 0.5) is 21.5 Å². The molecule has 0 unspecified atom stereocenters. The molecule has 0 fully saturated rings. The van der Waals surface area contributed by atoms with Gasteiger partial charge in [0.1, 0.15) is 17.0 Å². The van der Waals surface area contributed by atoms with Gasteiger partial charge in [0.2, 0.25) is 0 Å². The number of rotatable bonds is 3. The number of benzene rings is 2. The molecule has 1 aromatic heterocycles. The number of halogens is 1. The Morgan fingerprint density at radius 3 is 2.60 bits per heavy atom. The highest BCUT2D eigenvalue weighted by molar-refractivity contribution is 5.94. The Morgan fingerprint density at radius 2 is 1.90 bits per heavy atom. The quantitative estimate of drug-likeness (QED) is 0.582. The monoisotopic (exact) mass is 274 g/mol. The minimum absolute atomic E-state index is 0.153. The van der Waals surface area contributed by atoms with Gasteiger partial charge in [0.25, 0.3) is 5.69 Å². The van der Waals surface area contributed by atoms with Crippen molar-refractivity contribution in [3.05, 3.63) is 52.3 Å². The first-order chi connectivity index (χ1) is 9.65. The molecule has 2 aromatic carbocycles. The second kappa shape index (κ2) is 4.57. The molecule has 7 nitrogen and oxygen atoms in total. The van der Waals surface area contributed by atoms with Crippen molar-refractivity contribution in [2.75, 3.05) is 5.32 Å². The lowest BCUT2D eigenvalue weighted by molar-refractivity contribution is -0.383. The van der Waals surface area contributed by atoms with Crippen LogP contribution in [0.3, 0.4) is 0 Å². The summed E-state index contributed by atoms with van der Waals surface area (Å²) in [6, 6.07) is 8.17. The van der Waals surface area contributed by atoms with Crippen LogP contribution in [0.15, 0.2) is 41.0 Å². The van der Waals surface area contributed by atoms with Gasteiger partial charge in [-0.15, -0.1) is 0 Å². The molecule has 0 bridgehead atoms. The molecule has 1 N–H and O–H groups in total. The molecule has 0 saturated heterocycles. The third kappa shape index (κ3) is 2.03. The van der Waals surface area contributed by atoms with Gasteiger partial charge < -0.3 is 5.32 Å². The van der Waals surface area contributed by atoms with Crippen LogP contribution in [-0.4, -0.2) is 15.2 Å². The van der Waals surface area contributed by atoms with Crippen LogP contribution >= 0.6 is 0 Å². The van der Waals surface area contributed by atoms with Crippen LogP contribution in [0, 0.1) is 15.9 Å². The molecule has 8 heteroatoms. The molecule has 1 heterocycles. The van der Waals surface area contributed by atoms with E-state index in [0.29, 0.717) is 11.2 Å². The molecule has 0 spiro atoms. The number of nitro benzene ring substituents is 1. The van der Waals surface area contributed by atoms with E-state index in [4.69, 9.17) is 0 Å². The zero-order valence-corrected chi connectivity index (χ0v) is 9.91. The number of aromatic nitrogens is 2. The SMILES string of the molecule is O=[N+]([O-])c1ccc2nonc2c1Nc1ccc(F)cc1. The molecule has 3 rings (SSSR count). The van der Waals surface area contributed by atoms with Crippen LogP contribution in [-0.2, 0) is 0 Å². The number of fused-ring (bicyclic) bond motifs is 1. The topological polar surface area (TPSA) is 94.1 Å². The Labute approximate surface area is 111 Å². The van der Waals surface area contributed by atoms with Crippen molar-refractivity contribution in [1.82, 2.24) is 10.3 Å². The maximum Gasteiger partial charge on any atom is 0.295 e. The van der Waals surface area contributed by atoms with Gasteiger partial charge in [-0.3, -0.25) is 10.1 Å². The van der Waals surface area contributed by atoms with Crippen molar-refractivity contribution < 1.29 is 13.9 Å². The summed E-state index contributed by atoms with van der Waals surface area (Å²) in [7, 11) is 0. The van der Waals surface area contributed by atoms with E-state index in [1.807, 2.05) is 0 Å². The van der Waals surface area contributed by atoms with Gasteiger partial charge in [0.05, 0.1) is 4.92 Å². The highest BCUT2D eigenvalue weighted by Crippen LogP contribution is 2.33. The second-order valence-electron chi connectivity index (χ2n) is 3.98. The molecule has 3 aromatic rings. The normalized spacial score (nSPS) is 10.7. The molecular weight excluding hydrogens is 267 g/mol. The zero-order chi connectivity index (χ0) is 14.1. The van der Waals surface area contributed by atoms with Crippen molar-refractivity contribution in [1.29, 1.82) is 0 Å². The highest BCUT2D eigenvalue weighted by atomic mass is 19.1. The summed E-state index contributed by atoms with van der Waals surface area (Å²) in [5, 5.41) is 21.2. The Bertz CT molecular complexity index is 785. The standard InChI is InChI=1S/C12H7FN4O3/c13-7-1-3-8(4-2-7)14-12-10(17(18)19)6-5-9-11(12)16-20-15-9/h1-6,14H. The summed E-state index contributed by atoms with van der Waals surface area (Å²) in [5.41, 5.74) is 1.10. The molecular formula is C12H7FN4O3. The maximum absolute atomic E-state index is 12.9. The van der Waals surface area contributed by atoms with E-state index in [1.165, 1.54) is 36.4 Å². The Balaban J connectivity index is 2.12. The number of anilines is 2. The molecule has 0 saturated carbocycles. The lowest BCUT2D eigenvalue weighted by Gasteiger charge is -2.06. The number of nitrogens with one attached hydrogen (secondary N) is 1. The Morgan fingerprint density at radius 1 is 1.15 bits per heavy atom. The molecule has 0 radical (unpaired) electrons. The first-order valence-corrected chi connectivity index (χ1v) is 5.57.